The van der Waals surface area contributed by atoms with E-state index in [0.29, 0.717) is 12.0 Å². The fourth-order valence-electron chi connectivity index (χ4n) is 1.95. The second-order valence-electron chi connectivity index (χ2n) is 4.70. The lowest BCUT2D eigenvalue weighted by molar-refractivity contribution is -0.140. The Balaban J connectivity index is 2.46. The van der Waals surface area contributed by atoms with E-state index in [1.807, 2.05) is 0 Å². The average Bonchev–Trinajstić information content (AvgIpc) is 2.31. The first kappa shape index (κ1) is 11.3. The third-order valence-corrected chi connectivity index (χ3v) is 3.31. The van der Waals surface area contributed by atoms with Crippen LogP contribution in [0.3, 0.4) is 0 Å². The van der Waals surface area contributed by atoms with Gasteiger partial charge in [0.05, 0.1) is 6.61 Å². The van der Waals surface area contributed by atoms with Gasteiger partial charge in [0.1, 0.15) is 0 Å². The highest BCUT2D eigenvalue weighted by atomic mass is 16.5. The van der Waals surface area contributed by atoms with Gasteiger partial charge < -0.3 is 4.74 Å². The number of carbonyl (C=O) groups excluding carboxylic acids is 1. The summed E-state index contributed by atoms with van der Waals surface area (Å²) in [4.78, 5) is 10.6. The van der Waals surface area contributed by atoms with E-state index in [1.54, 1.807) is 0 Å². The zero-order valence-electron chi connectivity index (χ0n) is 9.64. The topological polar surface area (TPSA) is 26.3 Å². The average molecular weight is 196 g/mol. The highest BCUT2D eigenvalue weighted by Gasteiger charge is 2.28. The Labute approximate surface area is 86.3 Å². The molecule has 0 aromatic heterocycles. The fraction of sp³-hybridized carbons (Fsp3) is 0.750. The Morgan fingerprint density at radius 1 is 1.50 bits per heavy atom. The Hall–Kier alpha value is -0.790. The largest absolute Gasteiger partial charge is 0.466 e. The molecule has 0 spiro atoms. The first-order valence-electron chi connectivity index (χ1n) is 5.26. The molecule has 0 aromatic rings. The van der Waals surface area contributed by atoms with Gasteiger partial charge in [-0.15, -0.1) is 0 Å². The normalized spacial score (nSPS) is 20.0. The third-order valence-electron chi connectivity index (χ3n) is 3.31. The molecule has 1 aliphatic carbocycles. The molecule has 0 saturated heterocycles. The SMILES string of the molecule is CC(=O)OCCC1=C(C)C(C)(C)CC1. The van der Waals surface area contributed by atoms with E-state index < -0.39 is 0 Å². The minimum Gasteiger partial charge on any atom is -0.466 e. The van der Waals surface area contributed by atoms with Crippen LogP contribution in [0.4, 0.5) is 0 Å². The van der Waals surface area contributed by atoms with Crippen LogP contribution in [-0.4, -0.2) is 12.6 Å². The monoisotopic (exact) mass is 196 g/mol. The van der Waals surface area contributed by atoms with Crippen LogP contribution in [0, 0.1) is 5.41 Å². The molecule has 0 aliphatic heterocycles. The van der Waals surface area contributed by atoms with Gasteiger partial charge in [-0.25, -0.2) is 0 Å². The van der Waals surface area contributed by atoms with Gasteiger partial charge in [0.25, 0.3) is 0 Å². The van der Waals surface area contributed by atoms with Gasteiger partial charge >= 0.3 is 5.97 Å². The van der Waals surface area contributed by atoms with E-state index >= 15 is 0 Å². The molecular weight excluding hydrogens is 176 g/mol. The quantitative estimate of drug-likeness (QED) is 0.512. The molecule has 14 heavy (non-hydrogen) atoms. The molecule has 1 rings (SSSR count). The number of allylic oxidation sites excluding steroid dienone is 1. The van der Waals surface area contributed by atoms with Gasteiger partial charge in [0.15, 0.2) is 0 Å². The molecule has 0 atom stereocenters. The minimum atomic E-state index is -0.180. The van der Waals surface area contributed by atoms with Crippen molar-refractivity contribution in [2.45, 2.75) is 47.0 Å². The molecule has 0 unspecified atom stereocenters. The van der Waals surface area contributed by atoms with E-state index in [2.05, 4.69) is 20.8 Å². The van der Waals surface area contributed by atoms with Crippen molar-refractivity contribution in [2.75, 3.05) is 6.61 Å². The third kappa shape index (κ3) is 2.60. The zero-order chi connectivity index (χ0) is 10.8. The first-order chi connectivity index (χ1) is 6.43. The summed E-state index contributed by atoms with van der Waals surface area (Å²) in [5.41, 5.74) is 3.33. The second kappa shape index (κ2) is 4.16. The molecule has 0 heterocycles. The molecular formula is C12H20O2. The van der Waals surface area contributed by atoms with Crippen molar-refractivity contribution >= 4 is 5.97 Å². The summed E-state index contributed by atoms with van der Waals surface area (Å²) in [5.74, 6) is -0.180. The maximum Gasteiger partial charge on any atom is 0.302 e. The standard InChI is InChI=1S/C12H20O2/c1-9-11(5-7-12(9,3)4)6-8-14-10(2)13/h5-8H2,1-4H3. The number of hydrogen-bond acceptors (Lipinski definition) is 2. The summed E-state index contributed by atoms with van der Waals surface area (Å²) < 4.78 is 4.95. The Bertz CT molecular complexity index is 261. The van der Waals surface area contributed by atoms with Crippen LogP contribution < -0.4 is 0 Å². The summed E-state index contributed by atoms with van der Waals surface area (Å²) in [6, 6.07) is 0. The lowest BCUT2D eigenvalue weighted by Gasteiger charge is -2.19. The Morgan fingerprint density at radius 2 is 2.14 bits per heavy atom. The molecule has 1 aliphatic rings. The maximum absolute atomic E-state index is 10.6. The van der Waals surface area contributed by atoms with Crippen molar-refractivity contribution in [1.29, 1.82) is 0 Å². The van der Waals surface area contributed by atoms with E-state index in [9.17, 15) is 4.79 Å². The number of ether oxygens (including phenoxy) is 1. The molecule has 0 bridgehead atoms. The van der Waals surface area contributed by atoms with Crippen molar-refractivity contribution in [3.63, 3.8) is 0 Å². The van der Waals surface area contributed by atoms with Gasteiger partial charge in [-0.2, -0.15) is 0 Å². The van der Waals surface area contributed by atoms with Gasteiger partial charge in [0, 0.05) is 13.3 Å². The lowest BCUT2D eigenvalue weighted by Crippen LogP contribution is -2.07. The number of esters is 1. The molecule has 0 saturated carbocycles. The van der Waals surface area contributed by atoms with Gasteiger partial charge in [-0.05, 0) is 25.2 Å². The summed E-state index contributed by atoms with van der Waals surface area (Å²) in [6.07, 6.45) is 3.31. The van der Waals surface area contributed by atoms with Crippen LogP contribution in [0.5, 0.6) is 0 Å². The van der Waals surface area contributed by atoms with Crippen molar-refractivity contribution in [3.8, 4) is 0 Å². The highest BCUT2D eigenvalue weighted by Crippen LogP contribution is 2.42. The zero-order valence-corrected chi connectivity index (χ0v) is 9.64. The molecule has 0 amide bonds. The van der Waals surface area contributed by atoms with Crippen molar-refractivity contribution in [1.82, 2.24) is 0 Å². The molecule has 2 nitrogen and oxygen atoms in total. The maximum atomic E-state index is 10.6. The predicted molar refractivity (Wildman–Crippen MR) is 57.0 cm³/mol. The lowest BCUT2D eigenvalue weighted by atomic mass is 9.86. The van der Waals surface area contributed by atoms with Crippen molar-refractivity contribution in [2.24, 2.45) is 5.41 Å². The Kier molecular flexibility index (Phi) is 3.35. The molecule has 80 valence electrons. The van der Waals surface area contributed by atoms with Gasteiger partial charge in [-0.3, -0.25) is 4.79 Å². The minimum absolute atomic E-state index is 0.180. The smallest absolute Gasteiger partial charge is 0.302 e. The molecule has 0 fully saturated rings. The van der Waals surface area contributed by atoms with Crippen LogP contribution >= 0.6 is 0 Å². The molecule has 0 aromatic carbocycles. The van der Waals surface area contributed by atoms with E-state index in [4.69, 9.17) is 4.74 Å². The van der Waals surface area contributed by atoms with E-state index in [0.717, 1.165) is 6.42 Å². The van der Waals surface area contributed by atoms with Gasteiger partial charge in [-0.1, -0.05) is 25.0 Å². The summed E-state index contributed by atoms with van der Waals surface area (Å²) in [6.45, 7) is 8.76. The second-order valence-corrected chi connectivity index (χ2v) is 4.70. The number of carbonyl (C=O) groups is 1. The van der Waals surface area contributed by atoms with Gasteiger partial charge in [0.2, 0.25) is 0 Å². The van der Waals surface area contributed by atoms with Crippen LogP contribution in [-0.2, 0) is 9.53 Å². The number of hydrogen-bond donors (Lipinski definition) is 0. The summed E-state index contributed by atoms with van der Waals surface area (Å²) in [7, 11) is 0. The Morgan fingerprint density at radius 3 is 2.57 bits per heavy atom. The molecule has 0 N–H and O–H groups in total. The fourth-order valence-corrected chi connectivity index (χ4v) is 1.95. The molecule has 2 heteroatoms. The van der Waals surface area contributed by atoms with Crippen molar-refractivity contribution in [3.05, 3.63) is 11.1 Å². The van der Waals surface area contributed by atoms with E-state index in [-0.39, 0.29) is 5.97 Å². The van der Waals surface area contributed by atoms with Crippen LogP contribution in [0.1, 0.15) is 47.0 Å². The predicted octanol–water partition coefficient (Wildman–Crippen LogP) is 3.08. The summed E-state index contributed by atoms with van der Waals surface area (Å²) >= 11 is 0. The first-order valence-corrected chi connectivity index (χ1v) is 5.26. The van der Waals surface area contributed by atoms with Crippen LogP contribution in [0.15, 0.2) is 11.1 Å². The van der Waals surface area contributed by atoms with E-state index in [1.165, 1.54) is 30.9 Å². The summed E-state index contributed by atoms with van der Waals surface area (Å²) in [5, 5.41) is 0. The van der Waals surface area contributed by atoms with Crippen LogP contribution in [0.2, 0.25) is 0 Å². The van der Waals surface area contributed by atoms with Crippen LogP contribution in [0.25, 0.3) is 0 Å². The highest BCUT2D eigenvalue weighted by molar-refractivity contribution is 5.65. The molecule has 0 radical (unpaired) electrons. The number of rotatable bonds is 3. The van der Waals surface area contributed by atoms with Crippen molar-refractivity contribution < 1.29 is 9.53 Å².